The van der Waals surface area contributed by atoms with Gasteiger partial charge in [0.15, 0.2) is 11.5 Å². The first-order valence-corrected chi connectivity index (χ1v) is 12.9. The van der Waals surface area contributed by atoms with Crippen LogP contribution in [0.1, 0.15) is 16.5 Å². The molecule has 5 rings (SSSR count). The molecular formula is C26H25N3O3S2. The van der Waals surface area contributed by atoms with Crippen molar-refractivity contribution < 1.29 is 14.3 Å². The minimum absolute atomic E-state index is 0.0813. The summed E-state index contributed by atoms with van der Waals surface area (Å²) in [6.45, 7) is 0.617. The van der Waals surface area contributed by atoms with E-state index in [4.69, 9.17) is 14.6 Å². The zero-order valence-corrected chi connectivity index (χ0v) is 20.6. The van der Waals surface area contributed by atoms with Crippen LogP contribution in [-0.2, 0) is 11.2 Å². The van der Waals surface area contributed by atoms with Gasteiger partial charge in [0.25, 0.3) is 0 Å². The molecule has 2 aromatic heterocycles. The molecule has 0 spiro atoms. The van der Waals surface area contributed by atoms with Crippen molar-refractivity contribution in [1.29, 1.82) is 0 Å². The first-order valence-electron chi connectivity index (χ1n) is 11.0. The number of thioether (sulfide) groups is 1. The summed E-state index contributed by atoms with van der Waals surface area (Å²) in [5, 5.41) is 6.91. The Morgan fingerprint density at radius 3 is 2.59 bits per heavy atom. The summed E-state index contributed by atoms with van der Waals surface area (Å²) in [6.07, 6.45) is 2.80. The molecule has 8 heteroatoms. The van der Waals surface area contributed by atoms with Gasteiger partial charge in [0, 0.05) is 18.3 Å². The Morgan fingerprint density at radius 2 is 1.85 bits per heavy atom. The van der Waals surface area contributed by atoms with Crippen molar-refractivity contribution in [2.75, 3.05) is 26.5 Å². The predicted molar refractivity (Wildman–Crippen MR) is 137 cm³/mol. The first-order chi connectivity index (χ1) is 16.7. The molecule has 1 amide bonds. The highest BCUT2D eigenvalue weighted by atomic mass is 32.2. The summed E-state index contributed by atoms with van der Waals surface area (Å²) < 4.78 is 12.7. The van der Waals surface area contributed by atoms with Crippen molar-refractivity contribution in [3.05, 3.63) is 83.4 Å². The lowest BCUT2D eigenvalue weighted by atomic mass is 10.1. The zero-order valence-electron chi connectivity index (χ0n) is 19.0. The van der Waals surface area contributed by atoms with Gasteiger partial charge in [-0.15, -0.1) is 23.1 Å². The summed E-state index contributed by atoms with van der Waals surface area (Å²) in [6, 6.07) is 20.1. The van der Waals surface area contributed by atoms with Crippen molar-refractivity contribution in [2.24, 2.45) is 0 Å². The van der Waals surface area contributed by atoms with Crippen LogP contribution in [0.5, 0.6) is 11.5 Å². The van der Waals surface area contributed by atoms with Crippen LogP contribution in [0, 0.1) is 0 Å². The minimum Gasteiger partial charge on any atom is -0.493 e. The van der Waals surface area contributed by atoms with Gasteiger partial charge in [0.05, 0.1) is 30.5 Å². The molecule has 0 radical (unpaired) electrons. The maximum Gasteiger partial charge on any atom is 0.233 e. The molecule has 0 bridgehead atoms. The average Bonchev–Trinajstić information content (AvgIpc) is 3.63. The Morgan fingerprint density at radius 1 is 1.03 bits per heavy atom. The van der Waals surface area contributed by atoms with Gasteiger partial charge in [0.1, 0.15) is 11.1 Å². The van der Waals surface area contributed by atoms with Crippen LogP contribution < -0.4 is 9.47 Å². The van der Waals surface area contributed by atoms with Crippen molar-refractivity contribution in [3.8, 4) is 27.8 Å². The number of para-hydroxylation sites is 1. The largest absolute Gasteiger partial charge is 0.493 e. The number of ether oxygens (including phenoxy) is 2. The lowest BCUT2D eigenvalue weighted by Gasteiger charge is -2.24. The Bertz CT molecular complexity index is 1270. The SMILES string of the molecule is COc1ccc(CCN2C(=O)CS[C@H]2c2cn(-c3ccccc3)nc2-c2cccs2)cc1OC. The summed E-state index contributed by atoms with van der Waals surface area (Å²) in [5.41, 5.74) is 4.09. The predicted octanol–water partition coefficient (Wildman–Crippen LogP) is 5.43. The van der Waals surface area contributed by atoms with Gasteiger partial charge in [-0.25, -0.2) is 4.68 Å². The maximum absolute atomic E-state index is 12.9. The van der Waals surface area contributed by atoms with E-state index in [1.54, 1.807) is 37.3 Å². The molecule has 2 aromatic carbocycles. The number of hydrogen-bond acceptors (Lipinski definition) is 6. The highest BCUT2D eigenvalue weighted by molar-refractivity contribution is 8.00. The van der Waals surface area contributed by atoms with Gasteiger partial charge in [-0.05, 0) is 47.7 Å². The van der Waals surface area contributed by atoms with Gasteiger partial charge in [-0.2, -0.15) is 5.10 Å². The third-order valence-electron chi connectivity index (χ3n) is 5.84. The number of carbonyl (C=O) groups is 1. The van der Waals surface area contributed by atoms with Gasteiger partial charge >= 0.3 is 0 Å². The zero-order chi connectivity index (χ0) is 23.5. The van der Waals surface area contributed by atoms with Crippen LogP contribution in [-0.4, -0.2) is 47.1 Å². The number of hydrogen-bond donors (Lipinski definition) is 0. The number of amides is 1. The van der Waals surface area contributed by atoms with Crippen LogP contribution in [0.15, 0.2) is 72.2 Å². The Kier molecular flexibility index (Phi) is 6.60. The molecular weight excluding hydrogens is 466 g/mol. The minimum atomic E-state index is -0.0813. The lowest BCUT2D eigenvalue weighted by molar-refractivity contribution is -0.128. The smallest absolute Gasteiger partial charge is 0.233 e. The van der Waals surface area contributed by atoms with Gasteiger partial charge in [-0.3, -0.25) is 4.79 Å². The van der Waals surface area contributed by atoms with Crippen molar-refractivity contribution in [2.45, 2.75) is 11.8 Å². The number of nitrogens with zero attached hydrogens (tertiary/aromatic N) is 3. The van der Waals surface area contributed by atoms with Crippen molar-refractivity contribution in [1.82, 2.24) is 14.7 Å². The van der Waals surface area contributed by atoms with E-state index in [0.717, 1.165) is 33.8 Å². The second kappa shape index (κ2) is 9.95. The first kappa shape index (κ1) is 22.6. The quantitative estimate of drug-likeness (QED) is 0.329. The summed E-state index contributed by atoms with van der Waals surface area (Å²) in [5.74, 6) is 2.02. The molecule has 1 aliphatic heterocycles. The van der Waals surface area contributed by atoms with E-state index in [1.807, 2.05) is 64.2 Å². The van der Waals surface area contributed by atoms with Crippen molar-refractivity contribution >= 4 is 29.0 Å². The molecule has 1 atom stereocenters. The molecule has 1 saturated heterocycles. The molecule has 0 N–H and O–H groups in total. The summed E-state index contributed by atoms with van der Waals surface area (Å²) >= 11 is 3.33. The number of benzene rings is 2. The Balaban J connectivity index is 1.44. The van der Waals surface area contributed by atoms with Gasteiger partial charge in [0.2, 0.25) is 5.91 Å². The number of carbonyl (C=O) groups excluding carboxylic acids is 1. The third-order valence-corrected chi connectivity index (χ3v) is 7.96. The Labute approximate surface area is 207 Å². The molecule has 6 nitrogen and oxygen atoms in total. The van der Waals surface area contributed by atoms with E-state index < -0.39 is 0 Å². The number of rotatable bonds is 8. The number of methoxy groups -OCH3 is 2. The van der Waals surface area contributed by atoms with E-state index in [2.05, 4.69) is 17.6 Å². The molecule has 0 aliphatic carbocycles. The summed E-state index contributed by atoms with van der Waals surface area (Å²) in [4.78, 5) is 16.0. The average molecular weight is 492 g/mol. The molecule has 0 saturated carbocycles. The molecule has 3 heterocycles. The maximum atomic E-state index is 12.9. The molecule has 34 heavy (non-hydrogen) atoms. The second-order valence-electron chi connectivity index (χ2n) is 7.88. The molecule has 0 unspecified atom stereocenters. The van der Waals surface area contributed by atoms with E-state index in [9.17, 15) is 4.79 Å². The van der Waals surface area contributed by atoms with Gasteiger partial charge in [-0.1, -0.05) is 30.3 Å². The fraction of sp³-hybridized carbons (Fsp3) is 0.231. The fourth-order valence-electron chi connectivity index (χ4n) is 4.12. The van der Waals surface area contributed by atoms with Gasteiger partial charge < -0.3 is 14.4 Å². The highest BCUT2D eigenvalue weighted by Crippen LogP contribution is 2.43. The molecule has 1 fully saturated rings. The second-order valence-corrected chi connectivity index (χ2v) is 9.90. The lowest BCUT2D eigenvalue weighted by Crippen LogP contribution is -2.30. The van der Waals surface area contributed by atoms with Crippen LogP contribution in [0.25, 0.3) is 16.3 Å². The Hall–Kier alpha value is -3.23. The molecule has 1 aliphatic rings. The van der Waals surface area contributed by atoms with Crippen molar-refractivity contribution in [3.63, 3.8) is 0 Å². The molecule has 174 valence electrons. The third kappa shape index (κ3) is 4.43. The van der Waals surface area contributed by atoms with Crippen LogP contribution in [0.4, 0.5) is 0 Å². The van der Waals surface area contributed by atoms with Crippen LogP contribution in [0.3, 0.4) is 0 Å². The fourth-order valence-corrected chi connectivity index (χ4v) is 6.08. The van der Waals surface area contributed by atoms with Crippen LogP contribution in [0.2, 0.25) is 0 Å². The highest BCUT2D eigenvalue weighted by Gasteiger charge is 2.35. The van der Waals surface area contributed by atoms with E-state index in [1.165, 1.54) is 0 Å². The van der Waals surface area contributed by atoms with Crippen LogP contribution >= 0.6 is 23.1 Å². The van der Waals surface area contributed by atoms with E-state index in [-0.39, 0.29) is 11.3 Å². The standard InChI is InChI=1S/C26H25N3O3S2/c1-31-21-11-10-18(15-22(21)32-2)12-13-28-24(30)17-34-26(28)20-16-29(19-7-4-3-5-8-19)27-25(20)23-9-6-14-33-23/h3-11,14-16,26H,12-13,17H2,1-2H3/t26-/m0/s1. The van der Waals surface area contributed by atoms with E-state index >= 15 is 0 Å². The molecule has 4 aromatic rings. The normalized spacial score (nSPS) is 15.6. The number of aromatic nitrogens is 2. The summed E-state index contributed by atoms with van der Waals surface area (Å²) in [7, 11) is 3.26. The van der Waals surface area contributed by atoms with E-state index in [0.29, 0.717) is 23.8 Å². The monoisotopic (exact) mass is 491 g/mol. The topological polar surface area (TPSA) is 56.6 Å². The number of thiophene rings is 1.